The number of anilines is 1. The van der Waals surface area contributed by atoms with Crippen LogP contribution in [0.3, 0.4) is 0 Å². The fourth-order valence-electron chi connectivity index (χ4n) is 5.74. The van der Waals surface area contributed by atoms with Crippen LogP contribution in [0.15, 0.2) is 48.5 Å². The monoisotopic (exact) mass is 580 g/mol. The smallest absolute Gasteiger partial charge is 0.359 e. The molecular weight excluding hydrogens is 544 g/mol. The highest BCUT2D eigenvalue weighted by atomic mass is 16.6. The number of ether oxygens (including phenoxy) is 1. The summed E-state index contributed by atoms with van der Waals surface area (Å²) in [6.07, 6.45) is -6.42. The molecule has 12 nitrogen and oxygen atoms in total. The van der Waals surface area contributed by atoms with Gasteiger partial charge in [0.05, 0.1) is 31.0 Å². The third-order valence-electron chi connectivity index (χ3n) is 8.14. The number of benzene rings is 2. The molecule has 1 saturated heterocycles. The Morgan fingerprint density at radius 3 is 2.38 bits per heavy atom. The van der Waals surface area contributed by atoms with Crippen molar-refractivity contribution in [1.82, 2.24) is 15.0 Å². The van der Waals surface area contributed by atoms with Crippen molar-refractivity contribution in [2.75, 3.05) is 11.5 Å². The normalized spacial score (nSPS) is 25.3. The number of aliphatic hydroxyl groups is 4. The maximum atomic E-state index is 13.7. The van der Waals surface area contributed by atoms with Gasteiger partial charge in [0.15, 0.2) is 0 Å². The molecule has 12 heteroatoms. The molecule has 1 fully saturated rings. The van der Waals surface area contributed by atoms with Gasteiger partial charge in [-0.15, -0.1) is 5.10 Å². The van der Waals surface area contributed by atoms with E-state index in [0.717, 1.165) is 4.68 Å². The maximum absolute atomic E-state index is 13.7. The standard InChI is InChI=1S/C30H36N4O8/c1-16-21(36)13-30(28(40)41,42-26(16)25(38)22(37)15-35)34-24-18-10-6-5-9-17(18)14-33(27(39)29(2,3)4)20-12-8-7-11-19(20)23(24)31-32-34/h5-12,16,21-22,25-26,35-38H,13-15H2,1-4H3,(H,40,41)/t16-,21-,22-,25-,26?,30-/m1/s1. The Kier molecular flexibility index (Phi) is 7.71. The van der Waals surface area contributed by atoms with Crippen molar-refractivity contribution in [3.8, 4) is 22.5 Å². The SMILES string of the molecule is C[C@H]1C([C@H](O)[C@H](O)CO)O[C@](C(=O)O)(n2nnc3c2-c2ccccc2CN(C(=O)C(C)(C)C)c2ccccc2-3)C[C@H]1O. The van der Waals surface area contributed by atoms with Gasteiger partial charge in [-0.2, -0.15) is 0 Å². The molecule has 2 aromatic carbocycles. The van der Waals surface area contributed by atoms with E-state index in [0.29, 0.717) is 33.8 Å². The lowest BCUT2D eigenvalue weighted by Crippen LogP contribution is -2.61. The van der Waals surface area contributed by atoms with Gasteiger partial charge in [0.25, 0.3) is 5.72 Å². The van der Waals surface area contributed by atoms with Crippen LogP contribution in [-0.4, -0.2) is 83.4 Å². The average molecular weight is 581 g/mol. The number of rotatable bonds is 5. The van der Waals surface area contributed by atoms with E-state index < -0.39 is 60.5 Å². The Morgan fingerprint density at radius 1 is 1.10 bits per heavy atom. The van der Waals surface area contributed by atoms with Crippen LogP contribution in [0.1, 0.15) is 39.7 Å². The Balaban J connectivity index is 1.77. The molecule has 0 saturated carbocycles. The lowest BCUT2D eigenvalue weighted by molar-refractivity contribution is -0.266. The molecule has 3 aromatic rings. The predicted molar refractivity (Wildman–Crippen MR) is 151 cm³/mol. The third kappa shape index (κ3) is 4.78. The molecule has 6 atom stereocenters. The van der Waals surface area contributed by atoms with Crippen molar-refractivity contribution in [1.29, 1.82) is 0 Å². The van der Waals surface area contributed by atoms with E-state index in [4.69, 9.17) is 4.74 Å². The fraction of sp³-hybridized carbons (Fsp3) is 0.467. The molecule has 3 heterocycles. The molecule has 5 rings (SSSR count). The highest BCUT2D eigenvalue weighted by molar-refractivity contribution is 6.02. The molecule has 1 amide bonds. The summed E-state index contributed by atoms with van der Waals surface area (Å²) in [5.41, 5.74) is -0.0705. The van der Waals surface area contributed by atoms with Crippen LogP contribution >= 0.6 is 0 Å². The molecule has 224 valence electrons. The zero-order valence-electron chi connectivity index (χ0n) is 23.9. The average Bonchev–Trinajstić information content (AvgIpc) is 3.39. The van der Waals surface area contributed by atoms with Gasteiger partial charge < -0.3 is 35.2 Å². The van der Waals surface area contributed by atoms with Crippen molar-refractivity contribution in [3.63, 3.8) is 0 Å². The first-order valence-corrected chi connectivity index (χ1v) is 13.8. The van der Waals surface area contributed by atoms with E-state index in [9.17, 15) is 35.1 Å². The molecule has 0 radical (unpaired) electrons. The van der Waals surface area contributed by atoms with Gasteiger partial charge in [-0.05, 0) is 11.6 Å². The van der Waals surface area contributed by atoms with E-state index in [1.165, 1.54) is 0 Å². The second-order valence-electron chi connectivity index (χ2n) is 12.1. The first-order chi connectivity index (χ1) is 19.8. The first kappa shape index (κ1) is 29.8. The Bertz CT molecular complexity index is 1500. The molecule has 0 spiro atoms. The number of hydrogen-bond donors (Lipinski definition) is 5. The van der Waals surface area contributed by atoms with E-state index in [1.807, 2.05) is 32.9 Å². The summed E-state index contributed by atoms with van der Waals surface area (Å²) in [6.45, 7) is 6.46. The number of aromatic nitrogens is 3. The largest absolute Gasteiger partial charge is 0.478 e. The minimum atomic E-state index is -2.34. The van der Waals surface area contributed by atoms with Gasteiger partial charge in [0, 0.05) is 28.9 Å². The summed E-state index contributed by atoms with van der Waals surface area (Å²) in [7, 11) is 0. The number of nitrogens with zero attached hydrogens (tertiary/aromatic N) is 4. The third-order valence-corrected chi connectivity index (χ3v) is 8.14. The number of amides is 1. The molecule has 0 bridgehead atoms. The Labute approximate surface area is 242 Å². The van der Waals surface area contributed by atoms with Crippen LogP contribution in [0.4, 0.5) is 5.69 Å². The minimum Gasteiger partial charge on any atom is -0.478 e. The van der Waals surface area contributed by atoms with Gasteiger partial charge in [-0.25, -0.2) is 9.48 Å². The zero-order chi connectivity index (χ0) is 30.6. The van der Waals surface area contributed by atoms with Crippen LogP contribution in [-0.2, 0) is 26.6 Å². The van der Waals surface area contributed by atoms with Crippen LogP contribution in [0.2, 0.25) is 0 Å². The molecule has 2 aliphatic heterocycles. The maximum Gasteiger partial charge on any atom is 0.359 e. The number of para-hydroxylation sites is 1. The predicted octanol–water partition coefficient (Wildman–Crippen LogP) is 1.74. The number of carbonyl (C=O) groups is 2. The van der Waals surface area contributed by atoms with Gasteiger partial charge in [-0.1, -0.05) is 75.4 Å². The lowest BCUT2D eigenvalue weighted by Gasteiger charge is -2.46. The van der Waals surface area contributed by atoms with Crippen molar-refractivity contribution in [2.24, 2.45) is 11.3 Å². The fourth-order valence-corrected chi connectivity index (χ4v) is 5.74. The highest BCUT2D eigenvalue weighted by Gasteiger charge is 2.56. The van der Waals surface area contributed by atoms with E-state index in [2.05, 4.69) is 10.3 Å². The second-order valence-corrected chi connectivity index (χ2v) is 12.1. The molecule has 1 aromatic heterocycles. The Morgan fingerprint density at radius 2 is 1.74 bits per heavy atom. The van der Waals surface area contributed by atoms with E-state index >= 15 is 0 Å². The summed E-state index contributed by atoms with van der Waals surface area (Å²) in [4.78, 5) is 28.5. The molecule has 5 N–H and O–H groups in total. The Hall–Kier alpha value is -3.68. The second kappa shape index (κ2) is 10.9. The number of aliphatic carboxylic acids is 1. The molecule has 0 aliphatic carbocycles. The van der Waals surface area contributed by atoms with E-state index in [1.54, 1.807) is 48.2 Å². The summed E-state index contributed by atoms with van der Waals surface area (Å²) < 4.78 is 7.22. The molecule has 1 unspecified atom stereocenters. The van der Waals surface area contributed by atoms with Gasteiger partial charge >= 0.3 is 5.97 Å². The quantitative estimate of drug-likeness (QED) is 0.299. The van der Waals surface area contributed by atoms with Gasteiger partial charge in [-0.3, -0.25) is 4.79 Å². The summed E-state index contributed by atoms with van der Waals surface area (Å²) >= 11 is 0. The first-order valence-electron chi connectivity index (χ1n) is 13.8. The lowest BCUT2D eigenvalue weighted by atomic mass is 9.83. The number of fused-ring (bicyclic) bond motifs is 5. The molecule has 42 heavy (non-hydrogen) atoms. The van der Waals surface area contributed by atoms with Crippen LogP contribution < -0.4 is 4.90 Å². The number of carboxylic acid groups (broad SMARTS) is 1. The minimum absolute atomic E-state index is 0.116. The number of hydrogen-bond acceptors (Lipinski definition) is 9. The zero-order valence-corrected chi connectivity index (χ0v) is 23.9. The van der Waals surface area contributed by atoms with Crippen LogP contribution in [0.5, 0.6) is 0 Å². The summed E-state index contributed by atoms with van der Waals surface area (Å²) in [5.74, 6) is -2.40. The van der Waals surface area contributed by atoms with Crippen LogP contribution in [0, 0.1) is 11.3 Å². The van der Waals surface area contributed by atoms with Crippen molar-refractivity contribution in [3.05, 3.63) is 54.1 Å². The number of carbonyl (C=O) groups excluding carboxylic acids is 1. The molecule has 2 aliphatic rings. The molecular formula is C30H36N4O8. The van der Waals surface area contributed by atoms with Crippen molar-refractivity contribution < 1.29 is 39.9 Å². The summed E-state index contributed by atoms with van der Waals surface area (Å²) in [5, 5.41) is 60.8. The highest BCUT2D eigenvalue weighted by Crippen LogP contribution is 2.46. The van der Waals surface area contributed by atoms with Crippen molar-refractivity contribution in [2.45, 2.75) is 70.8 Å². The summed E-state index contributed by atoms with van der Waals surface area (Å²) in [6, 6.07) is 14.4. The van der Waals surface area contributed by atoms with Gasteiger partial charge in [0.2, 0.25) is 5.91 Å². The van der Waals surface area contributed by atoms with Crippen molar-refractivity contribution >= 4 is 17.6 Å². The number of carboxylic acids is 1. The topological polar surface area (TPSA) is 178 Å². The number of aliphatic hydroxyl groups excluding tert-OH is 4. The van der Waals surface area contributed by atoms with Gasteiger partial charge in [0.1, 0.15) is 23.6 Å². The van der Waals surface area contributed by atoms with Crippen LogP contribution in [0.25, 0.3) is 22.5 Å². The van der Waals surface area contributed by atoms with E-state index in [-0.39, 0.29) is 12.5 Å².